The number of aromatic amines is 1. The van der Waals surface area contributed by atoms with Crippen molar-refractivity contribution in [3.8, 4) is 0 Å². The number of rotatable bonds is 4. The van der Waals surface area contributed by atoms with Crippen LogP contribution in [0, 0.1) is 5.92 Å². The van der Waals surface area contributed by atoms with Crippen LogP contribution in [0.2, 0.25) is 0 Å². The molecule has 0 bridgehead atoms. The molecule has 4 N–H and O–H groups in total. The van der Waals surface area contributed by atoms with Crippen LogP contribution in [0.5, 0.6) is 0 Å². The second-order valence-electron chi connectivity index (χ2n) is 3.46. The van der Waals surface area contributed by atoms with Gasteiger partial charge in [0.05, 0.1) is 10.6 Å². The Kier molecular flexibility index (Phi) is 4.19. The Morgan fingerprint density at radius 1 is 1.62 bits per heavy atom. The summed E-state index contributed by atoms with van der Waals surface area (Å²) in [5, 5.41) is 2.67. The number of hydrogen-bond acceptors (Lipinski definition) is 3. The molecular weight excluding hydrogens is 226 g/mol. The number of nitrogens with one attached hydrogen (secondary N) is 2. The molecule has 86 valence electrons. The summed E-state index contributed by atoms with van der Waals surface area (Å²) in [6.45, 7) is 2.21. The minimum absolute atomic E-state index is 0.0540. The van der Waals surface area contributed by atoms with Crippen LogP contribution in [-0.2, 0) is 0 Å². The Labute approximate surface area is 98.0 Å². The van der Waals surface area contributed by atoms with Crippen molar-refractivity contribution in [2.45, 2.75) is 6.92 Å². The van der Waals surface area contributed by atoms with Crippen LogP contribution < -0.4 is 16.6 Å². The van der Waals surface area contributed by atoms with Gasteiger partial charge in [-0.2, -0.15) is 0 Å². The van der Waals surface area contributed by atoms with Gasteiger partial charge < -0.3 is 16.0 Å². The fourth-order valence-electron chi connectivity index (χ4n) is 1.00. The van der Waals surface area contributed by atoms with Crippen LogP contribution in [0.15, 0.2) is 23.1 Å². The first kappa shape index (κ1) is 12.4. The first-order chi connectivity index (χ1) is 7.50. The topological polar surface area (TPSA) is 88.0 Å². The number of pyridine rings is 1. The van der Waals surface area contributed by atoms with Crippen molar-refractivity contribution in [2.75, 3.05) is 6.54 Å². The van der Waals surface area contributed by atoms with Gasteiger partial charge in [0.1, 0.15) is 0 Å². The molecule has 0 saturated heterocycles. The highest BCUT2D eigenvalue weighted by Crippen LogP contribution is 1.96. The number of carbonyl (C=O) groups excluding carboxylic acids is 1. The molecule has 16 heavy (non-hydrogen) atoms. The molecule has 6 heteroatoms. The molecule has 1 amide bonds. The summed E-state index contributed by atoms with van der Waals surface area (Å²) in [6, 6.07) is 2.76. The van der Waals surface area contributed by atoms with Crippen molar-refractivity contribution < 1.29 is 4.79 Å². The predicted molar refractivity (Wildman–Crippen MR) is 65.3 cm³/mol. The van der Waals surface area contributed by atoms with E-state index in [-0.39, 0.29) is 17.4 Å². The van der Waals surface area contributed by atoms with Gasteiger partial charge in [0.25, 0.3) is 5.91 Å². The molecule has 0 saturated carbocycles. The van der Waals surface area contributed by atoms with Crippen LogP contribution >= 0.6 is 12.2 Å². The van der Waals surface area contributed by atoms with E-state index < -0.39 is 0 Å². The second kappa shape index (κ2) is 5.41. The van der Waals surface area contributed by atoms with Gasteiger partial charge in [-0.15, -0.1) is 0 Å². The first-order valence-corrected chi connectivity index (χ1v) is 5.18. The lowest BCUT2D eigenvalue weighted by molar-refractivity contribution is 0.0951. The zero-order valence-corrected chi connectivity index (χ0v) is 9.64. The van der Waals surface area contributed by atoms with Crippen LogP contribution in [-0.4, -0.2) is 22.4 Å². The number of nitrogens with two attached hydrogens (primary N) is 1. The number of hydrogen-bond donors (Lipinski definition) is 3. The third-order valence-corrected chi connectivity index (χ3v) is 2.50. The van der Waals surface area contributed by atoms with Crippen LogP contribution in [0.4, 0.5) is 0 Å². The SMILES string of the molecule is CC(CNC(=O)c1ccc(=O)[nH]c1)C(N)=S. The molecule has 0 aliphatic carbocycles. The van der Waals surface area contributed by atoms with Crippen molar-refractivity contribution in [3.63, 3.8) is 0 Å². The van der Waals surface area contributed by atoms with E-state index in [4.69, 9.17) is 18.0 Å². The highest BCUT2D eigenvalue weighted by atomic mass is 32.1. The van der Waals surface area contributed by atoms with E-state index >= 15 is 0 Å². The summed E-state index contributed by atoms with van der Waals surface area (Å²) >= 11 is 4.78. The van der Waals surface area contributed by atoms with E-state index in [1.54, 1.807) is 0 Å². The largest absolute Gasteiger partial charge is 0.393 e. The normalized spacial score (nSPS) is 11.8. The molecule has 0 aliphatic rings. The highest BCUT2D eigenvalue weighted by Gasteiger charge is 2.09. The van der Waals surface area contributed by atoms with Gasteiger partial charge in [0, 0.05) is 24.7 Å². The molecule has 1 heterocycles. The average Bonchev–Trinajstić information content (AvgIpc) is 2.26. The molecule has 1 aromatic heterocycles. The highest BCUT2D eigenvalue weighted by molar-refractivity contribution is 7.80. The van der Waals surface area contributed by atoms with E-state index in [0.717, 1.165) is 0 Å². The lowest BCUT2D eigenvalue weighted by Gasteiger charge is -2.10. The van der Waals surface area contributed by atoms with E-state index in [2.05, 4.69) is 10.3 Å². The van der Waals surface area contributed by atoms with E-state index in [1.807, 2.05) is 6.92 Å². The van der Waals surface area contributed by atoms with Crippen molar-refractivity contribution in [1.82, 2.24) is 10.3 Å². The minimum Gasteiger partial charge on any atom is -0.393 e. The molecule has 1 aromatic rings. The molecular formula is C10H13N3O2S. The van der Waals surface area contributed by atoms with Crippen molar-refractivity contribution in [2.24, 2.45) is 11.7 Å². The molecule has 5 nitrogen and oxygen atoms in total. The summed E-state index contributed by atoms with van der Waals surface area (Å²) in [7, 11) is 0. The van der Waals surface area contributed by atoms with E-state index in [1.165, 1.54) is 18.3 Å². The number of H-pyrrole nitrogens is 1. The smallest absolute Gasteiger partial charge is 0.252 e. The van der Waals surface area contributed by atoms with Gasteiger partial charge in [-0.25, -0.2) is 0 Å². The Balaban J connectivity index is 2.56. The Hall–Kier alpha value is -1.69. The predicted octanol–water partition coefficient (Wildman–Crippen LogP) is 0.0269. The molecule has 0 spiro atoms. The lowest BCUT2D eigenvalue weighted by Crippen LogP contribution is -2.33. The first-order valence-electron chi connectivity index (χ1n) is 4.77. The number of aromatic nitrogens is 1. The van der Waals surface area contributed by atoms with Gasteiger partial charge in [-0.1, -0.05) is 19.1 Å². The van der Waals surface area contributed by atoms with Gasteiger partial charge in [-0.3, -0.25) is 9.59 Å². The zero-order chi connectivity index (χ0) is 12.1. The summed E-state index contributed by atoms with van der Waals surface area (Å²) in [4.78, 5) is 25.1. The Morgan fingerprint density at radius 2 is 2.31 bits per heavy atom. The minimum atomic E-state index is -0.264. The average molecular weight is 239 g/mol. The van der Waals surface area contributed by atoms with Crippen molar-refractivity contribution in [1.29, 1.82) is 0 Å². The lowest BCUT2D eigenvalue weighted by atomic mass is 10.2. The summed E-state index contributed by atoms with van der Waals surface area (Å²) < 4.78 is 0. The number of carbonyl (C=O) groups is 1. The van der Waals surface area contributed by atoms with Crippen molar-refractivity contribution >= 4 is 23.1 Å². The molecule has 0 radical (unpaired) electrons. The third kappa shape index (κ3) is 3.47. The fourth-order valence-corrected chi connectivity index (χ4v) is 1.08. The quantitative estimate of drug-likeness (QED) is 0.647. The van der Waals surface area contributed by atoms with Crippen LogP contribution in [0.1, 0.15) is 17.3 Å². The summed E-state index contributed by atoms with van der Waals surface area (Å²) in [5.74, 6) is -0.318. The molecule has 0 fully saturated rings. The second-order valence-corrected chi connectivity index (χ2v) is 3.93. The van der Waals surface area contributed by atoms with E-state index in [0.29, 0.717) is 17.1 Å². The number of thiocarbonyl (C=S) groups is 1. The van der Waals surface area contributed by atoms with Crippen molar-refractivity contribution in [3.05, 3.63) is 34.2 Å². The van der Waals surface area contributed by atoms with Gasteiger partial charge >= 0.3 is 0 Å². The van der Waals surface area contributed by atoms with Crippen LogP contribution in [0.3, 0.4) is 0 Å². The Bertz CT molecular complexity index is 435. The maximum Gasteiger partial charge on any atom is 0.252 e. The molecule has 1 unspecified atom stereocenters. The zero-order valence-electron chi connectivity index (χ0n) is 8.82. The third-order valence-electron chi connectivity index (χ3n) is 2.10. The molecule has 0 aromatic carbocycles. The fraction of sp³-hybridized carbons (Fsp3) is 0.300. The number of amides is 1. The molecule has 1 atom stereocenters. The molecule has 0 aliphatic heterocycles. The van der Waals surface area contributed by atoms with Gasteiger partial charge in [-0.05, 0) is 6.07 Å². The van der Waals surface area contributed by atoms with Crippen LogP contribution in [0.25, 0.3) is 0 Å². The standard InChI is InChI=1S/C10H13N3O2S/c1-6(9(11)16)4-13-10(15)7-2-3-8(14)12-5-7/h2-3,5-6H,4H2,1H3,(H2,11,16)(H,12,14)(H,13,15). The summed E-state index contributed by atoms with van der Waals surface area (Å²) in [5.41, 5.74) is 5.57. The maximum atomic E-state index is 11.6. The monoisotopic (exact) mass is 239 g/mol. The van der Waals surface area contributed by atoms with E-state index in [9.17, 15) is 9.59 Å². The molecule has 1 rings (SSSR count). The summed E-state index contributed by atoms with van der Waals surface area (Å²) in [6.07, 6.45) is 1.36. The van der Waals surface area contributed by atoms with Gasteiger partial charge in [0.2, 0.25) is 5.56 Å². The Morgan fingerprint density at radius 3 is 2.81 bits per heavy atom. The van der Waals surface area contributed by atoms with Gasteiger partial charge in [0.15, 0.2) is 0 Å². The maximum absolute atomic E-state index is 11.6.